The van der Waals surface area contributed by atoms with Crippen LogP contribution in [-0.4, -0.2) is 42.8 Å². The minimum absolute atomic E-state index is 0.217. The van der Waals surface area contributed by atoms with Crippen molar-refractivity contribution in [1.82, 2.24) is 16.0 Å². The Hall–Kier alpha value is -2.77. The van der Waals surface area contributed by atoms with Crippen molar-refractivity contribution in [2.24, 2.45) is 5.73 Å². The first-order valence-corrected chi connectivity index (χ1v) is 6.36. The molecule has 114 valence electrons. The molecule has 0 bridgehead atoms. The van der Waals surface area contributed by atoms with E-state index in [0.717, 1.165) is 5.56 Å². The van der Waals surface area contributed by atoms with Crippen molar-refractivity contribution in [3.63, 3.8) is 0 Å². The topological polar surface area (TPSA) is 134 Å². The number of carboxylic acid groups (broad SMARTS) is 1. The smallest absolute Gasteiger partial charge is 0.335 e. The van der Waals surface area contributed by atoms with Gasteiger partial charge in [0.15, 0.2) is 0 Å². The van der Waals surface area contributed by atoms with E-state index >= 15 is 0 Å². The molecule has 0 spiro atoms. The molecule has 0 aliphatic carbocycles. The summed E-state index contributed by atoms with van der Waals surface area (Å²) >= 11 is 0. The molecule has 0 heterocycles. The highest BCUT2D eigenvalue weighted by molar-refractivity contribution is 5.87. The van der Waals surface area contributed by atoms with E-state index in [4.69, 9.17) is 10.8 Å². The molecule has 0 atom stereocenters. The zero-order valence-electron chi connectivity index (χ0n) is 11.4. The second kappa shape index (κ2) is 8.41. The number of urea groups is 2. The third kappa shape index (κ3) is 6.81. The number of carbonyl (C=O) groups excluding carboxylic acids is 2. The molecule has 0 saturated heterocycles. The number of rotatable bonds is 7. The zero-order chi connectivity index (χ0) is 15.7. The van der Waals surface area contributed by atoms with Gasteiger partial charge in [0.25, 0.3) is 0 Å². The Kier molecular flexibility index (Phi) is 6.52. The molecule has 1 aromatic rings. The van der Waals surface area contributed by atoms with Crippen LogP contribution in [0.2, 0.25) is 0 Å². The van der Waals surface area contributed by atoms with Crippen molar-refractivity contribution in [1.29, 1.82) is 0 Å². The summed E-state index contributed by atoms with van der Waals surface area (Å²) in [7, 11) is 0. The van der Waals surface area contributed by atoms with E-state index in [0.29, 0.717) is 13.0 Å². The monoisotopic (exact) mass is 294 g/mol. The summed E-state index contributed by atoms with van der Waals surface area (Å²) < 4.78 is 0. The number of benzene rings is 1. The lowest BCUT2D eigenvalue weighted by molar-refractivity contribution is 0.0696. The van der Waals surface area contributed by atoms with Crippen molar-refractivity contribution in [3.8, 4) is 0 Å². The Morgan fingerprint density at radius 3 is 2.38 bits per heavy atom. The van der Waals surface area contributed by atoms with E-state index in [1.807, 2.05) is 0 Å². The van der Waals surface area contributed by atoms with Crippen molar-refractivity contribution in [3.05, 3.63) is 35.4 Å². The number of carboxylic acids is 1. The fourth-order valence-corrected chi connectivity index (χ4v) is 1.60. The summed E-state index contributed by atoms with van der Waals surface area (Å²) in [5, 5.41) is 16.4. The standard InChI is InChI=1S/C13H18N4O4/c14-12(20)15-6-7-17-13(21)16-5-4-9-2-1-3-10(8-9)11(18)19/h1-3,8H,4-7H2,(H,18,19)(H3,14,15,20)(H2,16,17,21). The van der Waals surface area contributed by atoms with E-state index in [-0.39, 0.29) is 24.7 Å². The molecule has 0 unspecified atom stereocenters. The van der Waals surface area contributed by atoms with Crippen LogP contribution in [0.25, 0.3) is 0 Å². The number of aromatic carboxylic acids is 1. The summed E-state index contributed by atoms with van der Waals surface area (Å²) in [6, 6.07) is 5.53. The SMILES string of the molecule is NC(=O)NCCNC(=O)NCCc1cccc(C(=O)O)c1. The molecule has 0 aliphatic heterocycles. The molecular weight excluding hydrogens is 276 g/mol. The van der Waals surface area contributed by atoms with Crippen molar-refractivity contribution < 1.29 is 19.5 Å². The lowest BCUT2D eigenvalue weighted by Gasteiger charge is -2.08. The highest BCUT2D eigenvalue weighted by Crippen LogP contribution is 2.05. The Morgan fingerprint density at radius 1 is 1.05 bits per heavy atom. The van der Waals surface area contributed by atoms with Gasteiger partial charge in [-0.05, 0) is 24.1 Å². The van der Waals surface area contributed by atoms with E-state index in [9.17, 15) is 14.4 Å². The van der Waals surface area contributed by atoms with Gasteiger partial charge >= 0.3 is 18.0 Å². The number of nitrogens with two attached hydrogens (primary N) is 1. The van der Waals surface area contributed by atoms with Gasteiger partial charge in [-0.2, -0.15) is 0 Å². The molecule has 1 aromatic carbocycles. The lowest BCUT2D eigenvalue weighted by atomic mass is 10.1. The van der Waals surface area contributed by atoms with Crippen LogP contribution in [0.4, 0.5) is 9.59 Å². The van der Waals surface area contributed by atoms with Crippen LogP contribution in [0.3, 0.4) is 0 Å². The average Bonchev–Trinajstić information content (AvgIpc) is 2.44. The number of nitrogens with one attached hydrogen (secondary N) is 3. The summed E-state index contributed by atoms with van der Waals surface area (Å²) in [6.45, 7) is 0.894. The molecular formula is C13H18N4O4. The van der Waals surface area contributed by atoms with Gasteiger partial charge < -0.3 is 26.8 Å². The Morgan fingerprint density at radius 2 is 1.71 bits per heavy atom. The Bertz CT molecular complexity index is 519. The first kappa shape index (κ1) is 16.3. The van der Waals surface area contributed by atoms with Crippen LogP contribution in [0.5, 0.6) is 0 Å². The summed E-state index contributed by atoms with van der Waals surface area (Å²) in [4.78, 5) is 32.6. The molecule has 0 fully saturated rings. The second-order valence-corrected chi connectivity index (χ2v) is 4.23. The quantitative estimate of drug-likeness (QED) is 0.449. The normalized spacial score (nSPS) is 9.71. The predicted octanol–water partition coefficient (Wildman–Crippen LogP) is -0.105. The van der Waals surface area contributed by atoms with Gasteiger partial charge in [-0.3, -0.25) is 0 Å². The van der Waals surface area contributed by atoms with Crippen LogP contribution in [-0.2, 0) is 6.42 Å². The molecule has 0 aromatic heterocycles. The first-order chi connectivity index (χ1) is 9.99. The second-order valence-electron chi connectivity index (χ2n) is 4.23. The number of amides is 4. The third-order valence-electron chi connectivity index (χ3n) is 2.58. The molecule has 8 heteroatoms. The Labute approximate surface area is 121 Å². The minimum atomic E-state index is -0.982. The van der Waals surface area contributed by atoms with Gasteiger partial charge in [0.05, 0.1) is 5.56 Å². The molecule has 0 aliphatic rings. The van der Waals surface area contributed by atoms with Crippen LogP contribution in [0, 0.1) is 0 Å². The fourth-order valence-electron chi connectivity index (χ4n) is 1.60. The van der Waals surface area contributed by atoms with Gasteiger partial charge in [0, 0.05) is 19.6 Å². The van der Waals surface area contributed by atoms with Gasteiger partial charge in [-0.1, -0.05) is 12.1 Å². The van der Waals surface area contributed by atoms with Crippen molar-refractivity contribution >= 4 is 18.0 Å². The highest BCUT2D eigenvalue weighted by Gasteiger charge is 2.04. The highest BCUT2D eigenvalue weighted by atomic mass is 16.4. The molecule has 21 heavy (non-hydrogen) atoms. The van der Waals surface area contributed by atoms with Gasteiger partial charge in [-0.25, -0.2) is 14.4 Å². The maximum atomic E-state index is 11.4. The molecule has 1 rings (SSSR count). The fraction of sp³-hybridized carbons (Fsp3) is 0.308. The number of primary amides is 1. The maximum Gasteiger partial charge on any atom is 0.335 e. The molecule has 4 amide bonds. The summed E-state index contributed by atoms with van der Waals surface area (Å²) in [5.41, 5.74) is 5.91. The average molecular weight is 294 g/mol. The van der Waals surface area contributed by atoms with Crippen LogP contribution < -0.4 is 21.7 Å². The van der Waals surface area contributed by atoms with Crippen LogP contribution in [0.15, 0.2) is 24.3 Å². The maximum absolute atomic E-state index is 11.4. The van der Waals surface area contributed by atoms with Gasteiger partial charge in [-0.15, -0.1) is 0 Å². The molecule has 6 N–H and O–H groups in total. The van der Waals surface area contributed by atoms with E-state index < -0.39 is 12.0 Å². The van der Waals surface area contributed by atoms with E-state index in [1.54, 1.807) is 18.2 Å². The number of hydrogen-bond donors (Lipinski definition) is 5. The predicted molar refractivity (Wildman–Crippen MR) is 76.1 cm³/mol. The zero-order valence-corrected chi connectivity index (χ0v) is 11.4. The van der Waals surface area contributed by atoms with Crippen LogP contribution in [0.1, 0.15) is 15.9 Å². The largest absolute Gasteiger partial charge is 0.478 e. The van der Waals surface area contributed by atoms with E-state index in [1.165, 1.54) is 6.07 Å². The van der Waals surface area contributed by atoms with Crippen molar-refractivity contribution in [2.45, 2.75) is 6.42 Å². The molecule has 0 radical (unpaired) electrons. The summed E-state index contributed by atoms with van der Waals surface area (Å²) in [5.74, 6) is -0.982. The Balaban J connectivity index is 2.23. The molecule has 8 nitrogen and oxygen atoms in total. The summed E-state index contributed by atoms with van der Waals surface area (Å²) in [6.07, 6.45) is 0.522. The minimum Gasteiger partial charge on any atom is -0.478 e. The van der Waals surface area contributed by atoms with Gasteiger partial charge in [0.2, 0.25) is 0 Å². The first-order valence-electron chi connectivity index (χ1n) is 6.36. The lowest BCUT2D eigenvalue weighted by Crippen LogP contribution is -2.41. The third-order valence-corrected chi connectivity index (χ3v) is 2.58. The number of hydrogen-bond acceptors (Lipinski definition) is 3. The van der Waals surface area contributed by atoms with Gasteiger partial charge in [0.1, 0.15) is 0 Å². The number of carbonyl (C=O) groups is 3. The molecule has 0 saturated carbocycles. The van der Waals surface area contributed by atoms with Crippen LogP contribution >= 0.6 is 0 Å². The van der Waals surface area contributed by atoms with Crippen molar-refractivity contribution in [2.75, 3.05) is 19.6 Å². The van der Waals surface area contributed by atoms with E-state index in [2.05, 4.69) is 16.0 Å².